The maximum Gasteiger partial charge on any atom is 0.333 e. The molecule has 2 heterocycles. The first-order valence-electron chi connectivity index (χ1n) is 10.1. The fourth-order valence-corrected chi connectivity index (χ4v) is 11.1. The van der Waals surface area contributed by atoms with Crippen LogP contribution in [0.1, 0.15) is 33.6 Å². The molecular weight excluding hydrogens is 477 g/mol. The first-order valence-corrected chi connectivity index (χ1v) is 14.6. The Morgan fingerprint density at radius 1 is 0.967 bits per heavy atom. The summed E-state index contributed by atoms with van der Waals surface area (Å²) in [7, 11) is 0. The molecule has 2 aliphatic rings. The molecule has 30 heavy (non-hydrogen) atoms. The summed E-state index contributed by atoms with van der Waals surface area (Å²) in [5, 5.41) is 0.892. The molecule has 9 heteroatoms. The van der Waals surface area contributed by atoms with Crippen LogP contribution in [0.5, 0.6) is 0 Å². The molecule has 0 aliphatic carbocycles. The van der Waals surface area contributed by atoms with Crippen LogP contribution in [0.4, 0.5) is 0 Å². The number of hydrogen-bond acceptors (Lipinski definition) is 9. The number of rotatable bonds is 11. The van der Waals surface area contributed by atoms with Gasteiger partial charge in [0, 0.05) is 38.4 Å². The fourth-order valence-electron chi connectivity index (χ4n) is 3.11. The van der Waals surface area contributed by atoms with E-state index < -0.39 is 0 Å². The van der Waals surface area contributed by atoms with E-state index in [1.165, 1.54) is 0 Å². The van der Waals surface area contributed by atoms with Gasteiger partial charge in [-0.2, -0.15) is 12.6 Å². The van der Waals surface area contributed by atoms with Gasteiger partial charge in [0.15, 0.2) is 0 Å². The van der Waals surface area contributed by atoms with Crippen LogP contribution < -0.4 is 0 Å². The van der Waals surface area contributed by atoms with Crippen molar-refractivity contribution in [3.8, 4) is 0 Å². The SMILES string of the molecule is C=C(C)C(=O)OCC1CSC(C(S)C(CCC)C2SCC(COC(=O)C(=C)C)S2)S1. The molecule has 2 rings (SSSR count). The second-order valence-electron chi connectivity index (χ2n) is 7.62. The molecule has 2 fully saturated rings. The standard InChI is InChI=1S/C21H32O4S5/c1-6-7-16(20-27-10-14(29-20)8-24-18(22)12(2)3)17(26)21-28-11-15(30-21)9-25-19(23)13(4)5/h14-17,20-21,26H,2,4,6-11H2,1,3,5H3. The van der Waals surface area contributed by atoms with Crippen LogP contribution in [0.2, 0.25) is 0 Å². The number of esters is 2. The number of thiol groups is 1. The van der Waals surface area contributed by atoms with Gasteiger partial charge in [-0.05, 0) is 26.2 Å². The van der Waals surface area contributed by atoms with E-state index in [9.17, 15) is 9.59 Å². The van der Waals surface area contributed by atoms with Crippen molar-refractivity contribution in [3.05, 3.63) is 24.3 Å². The Kier molecular flexibility index (Phi) is 11.5. The molecule has 4 nitrogen and oxygen atoms in total. The molecule has 6 atom stereocenters. The summed E-state index contributed by atoms with van der Waals surface area (Å²) in [4.78, 5) is 23.3. The van der Waals surface area contributed by atoms with Crippen molar-refractivity contribution in [2.24, 2.45) is 5.92 Å². The predicted octanol–water partition coefficient (Wildman–Crippen LogP) is 5.29. The average Bonchev–Trinajstić information content (AvgIpc) is 3.37. The van der Waals surface area contributed by atoms with Gasteiger partial charge in [-0.3, -0.25) is 0 Å². The zero-order valence-corrected chi connectivity index (χ0v) is 22.0. The fraction of sp³-hybridized carbons (Fsp3) is 0.714. The largest absolute Gasteiger partial charge is 0.461 e. The zero-order chi connectivity index (χ0) is 22.3. The second kappa shape index (κ2) is 13.0. The minimum atomic E-state index is -0.313. The molecule has 2 saturated heterocycles. The van der Waals surface area contributed by atoms with E-state index in [1.807, 2.05) is 47.0 Å². The summed E-state index contributed by atoms with van der Waals surface area (Å²) in [5.41, 5.74) is 0.885. The highest BCUT2D eigenvalue weighted by Crippen LogP contribution is 2.50. The maximum absolute atomic E-state index is 11.7. The molecule has 170 valence electrons. The van der Waals surface area contributed by atoms with Crippen molar-refractivity contribution >= 4 is 71.6 Å². The summed E-state index contributed by atoms with van der Waals surface area (Å²) in [6.07, 6.45) is 2.25. The number of carbonyl (C=O) groups excluding carboxylic acids is 2. The van der Waals surface area contributed by atoms with Gasteiger partial charge in [0.05, 0.1) is 9.16 Å². The van der Waals surface area contributed by atoms with Gasteiger partial charge in [0.2, 0.25) is 0 Å². The summed E-state index contributed by atoms with van der Waals surface area (Å²) < 4.78 is 11.6. The lowest BCUT2D eigenvalue weighted by Crippen LogP contribution is -2.30. The molecule has 0 aromatic heterocycles. The smallest absolute Gasteiger partial charge is 0.333 e. The quantitative estimate of drug-likeness (QED) is 0.230. The van der Waals surface area contributed by atoms with Gasteiger partial charge < -0.3 is 9.47 Å². The summed E-state index contributed by atoms with van der Waals surface area (Å²) in [5.74, 6) is 1.83. The second-order valence-corrected chi connectivity index (χ2v) is 14.1. The van der Waals surface area contributed by atoms with Crippen LogP contribution in [0, 0.1) is 5.92 Å². The number of carbonyl (C=O) groups is 2. The van der Waals surface area contributed by atoms with Crippen LogP contribution in [0.15, 0.2) is 24.3 Å². The van der Waals surface area contributed by atoms with E-state index in [0.29, 0.717) is 49.9 Å². The molecule has 0 spiro atoms. The molecule has 0 aromatic carbocycles. The van der Waals surface area contributed by atoms with Gasteiger partial charge in [-0.15, -0.1) is 47.0 Å². The maximum atomic E-state index is 11.7. The monoisotopic (exact) mass is 508 g/mol. The molecule has 6 unspecified atom stereocenters. The zero-order valence-electron chi connectivity index (χ0n) is 17.8. The topological polar surface area (TPSA) is 52.6 Å². The molecule has 0 saturated carbocycles. The lowest BCUT2D eigenvalue weighted by molar-refractivity contribution is -0.139. The van der Waals surface area contributed by atoms with E-state index >= 15 is 0 Å². The van der Waals surface area contributed by atoms with Gasteiger partial charge in [-0.25, -0.2) is 9.59 Å². The normalized spacial score (nSPS) is 28.0. The van der Waals surface area contributed by atoms with Crippen LogP contribution in [-0.4, -0.2) is 61.6 Å². The highest BCUT2D eigenvalue weighted by Gasteiger charge is 2.41. The number of thioether (sulfide) groups is 4. The van der Waals surface area contributed by atoms with Gasteiger partial charge in [0.1, 0.15) is 13.2 Å². The van der Waals surface area contributed by atoms with E-state index in [2.05, 4.69) is 20.1 Å². The lowest BCUT2D eigenvalue weighted by atomic mass is 10.0. The molecule has 0 bridgehead atoms. The Hall–Kier alpha value is 0.170. The Morgan fingerprint density at radius 2 is 1.43 bits per heavy atom. The number of ether oxygens (including phenoxy) is 2. The number of hydrogen-bond donors (Lipinski definition) is 1. The van der Waals surface area contributed by atoms with Gasteiger partial charge >= 0.3 is 11.9 Å². The summed E-state index contributed by atoms with van der Waals surface area (Å²) in [6, 6.07) is 0. The van der Waals surface area contributed by atoms with Gasteiger partial charge in [0.25, 0.3) is 0 Å². The minimum absolute atomic E-state index is 0.267. The van der Waals surface area contributed by atoms with Crippen molar-refractivity contribution < 1.29 is 19.1 Å². The minimum Gasteiger partial charge on any atom is -0.461 e. The first-order chi connectivity index (χ1) is 14.2. The molecule has 0 amide bonds. The van der Waals surface area contributed by atoms with Crippen molar-refractivity contribution in [2.75, 3.05) is 24.7 Å². The van der Waals surface area contributed by atoms with E-state index in [4.69, 9.17) is 22.1 Å². The highest BCUT2D eigenvalue weighted by molar-refractivity contribution is 8.21. The van der Waals surface area contributed by atoms with E-state index in [-0.39, 0.29) is 17.2 Å². The molecule has 0 N–H and O–H groups in total. The molecule has 0 aromatic rings. The summed E-state index contributed by atoms with van der Waals surface area (Å²) >= 11 is 12.8. The average molecular weight is 509 g/mol. The highest BCUT2D eigenvalue weighted by atomic mass is 32.2. The third kappa shape index (κ3) is 7.94. The van der Waals surface area contributed by atoms with Crippen LogP contribution in [0.3, 0.4) is 0 Å². The molecule has 2 aliphatic heterocycles. The summed E-state index contributed by atoms with van der Waals surface area (Å²) in [6.45, 7) is 13.7. The Bertz CT molecular complexity index is 641. The van der Waals surface area contributed by atoms with Crippen LogP contribution in [-0.2, 0) is 19.1 Å². The first kappa shape index (κ1) is 26.4. The molecular formula is C21H32O4S5. The van der Waals surface area contributed by atoms with Crippen LogP contribution >= 0.6 is 59.7 Å². The Labute approximate surface area is 203 Å². The Morgan fingerprint density at radius 3 is 1.90 bits per heavy atom. The Balaban J connectivity index is 1.85. The van der Waals surface area contributed by atoms with E-state index in [0.717, 1.165) is 24.3 Å². The van der Waals surface area contributed by atoms with Crippen molar-refractivity contribution in [1.29, 1.82) is 0 Å². The molecule has 0 radical (unpaired) electrons. The van der Waals surface area contributed by atoms with Gasteiger partial charge in [-0.1, -0.05) is 26.5 Å². The third-order valence-corrected chi connectivity index (χ3v) is 12.8. The predicted molar refractivity (Wildman–Crippen MR) is 138 cm³/mol. The lowest BCUT2D eigenvalue weighted by Gasteiger charge is -2.31. The van der Waals surface area contributed by atoms with Crippen LogP contribution in [0.25, 0.3) is 0 Å². The van der Waals surface area contributed by atoms with E-state index in [1.54, 1.807) is 13.8 Å². The van der Waals surface area contributed by atoms with Crippen molar-refractivity contribution in [1.82, 2.24) is 0 Å². The van der Waals surface area contributed by atoms with Crippen molar-refractivity contribution in [2.45, 2.75) is 58.5 Å². The third-order valence-electron chi connectivity index (χ3n) is 4.73. The van der Waals surface area contributed by atoms with Crippen molar-refractivity contribution in [3.63, 3.8) is 0 Å².